The van der Waals surface area contributed by atoms with Crippen LogP contribution in [0.3, 0.4) is 0 Å². The van der Waals surface area contributed by atoms with Crippen LogP contribution in [0.4, 0.5) is 0 Å². The number of hydrogen-bond donors (Lipinski definition) is 2. The monoisotopic (exact) mass is 376 g/mol. The minimum Gasteiger partial charge on any atom is -0.484 e. The van der Waals surface area contributed by atoms with Crippen LogP contribution in [0.15, 0.2) is 28.7 Å². The highest BCUT2D eigenvalue weighted by Crippen LogP contribution is 2.16. The van der Waals surface area contributed by atoms with Gasteiger partial charge < -0.3 is 15.4 Å². The molecule has 1 unspecified atom stereocenters. The van der Waals surface area contributed by atoms with Gasteiger partial charge in [-0.2, -0.15) is 0 Å². The molecule has 118 valence electrons. The van der Waals surface area contributed by atoms with Crippen LogP contribution < -0.4 is 15.4 Å². The van der Waals surface area contributed by atoms with Gasteiger partial charge in [-0.25, -0.2) is 0 Å². The zero-order valence-corrected chi connectivity index (χ0v) is 14.3. The largest absolute Gasteiger partial charge is 0.484 e. The van der Waals surface area contributed by atoms with Crippen LogP contribution in [0.25, 0.3) is 0 Å². The SMILES string of the molecule is Cl.O=C(COc1ccc(Br)cc1)NCCC1CCCNC1. The Kier molecular flexibility index (Phi) is 8.73. The fourth-order valence-corrected chi connectivity index (χ4v) is 2.58. The fraction of sp³-hybridized carbons (Fsp3) is 0.533. The van der Waals surface area contributed by atoms with Crippen molar-refractivity contribution in [2.24, 2.45) is 5.92 Å². The Bertz CT molecular complexity index is 422. The Hall–Kier alpha value is -0.780. The molecule has 1 aliphatic heterocycles. The summed E-state index contributed by atoms with van der Waals surface area (Å²) < 4.78 is 6.42. The molecule has 0 aliphatic carbocycles. The topological polar surface area (TPSA) is 50.4 Å². The molecule has 1 heterocycles. The number of benzene rings is 1. The van der Waals surface area contributed by atoms with Crippen LogP contribution in [0, 0.1) is 5.92 Å². The Morgan fingerprint density at radius 2 is 2.14 bits per heavy atom. The highest BCUT2D eigenvalue weighted by Gasteiger charge is 2.12. The van der Waals surface area contributed by atoms with Crippen molar-refractivity contribution in [3.63, 3.8) is 0 Å². The van der Waals surface area contributed by atoms with Crippen LogP contribution >= 0.6 is 28.3 Å². The number of rotatable bonds is 6. The van der Waals surface area contributed by atoms with Gasteiger partial charge in [0.2, 0.25) is 0 Å². The molecule has 0 spiro atoms. The smallest absolute Gasteiger partial charge is 0.257 e. The van der Waals surface area contributed by atoms with Crippen LogP contribution in [-0.4, -0.2) is 32.1 Å². The molecule has 1 aliphatic rings. The Morgan fingerprint density at radius 1 is 1.38 bits per heavy atom. The average molecular weight is 378 g/mol. The molecule has 1 atom stereocenters. The van der Waals surface area contributed by atoms with Crippen LogP contribution in [0.2, 0.25) is 0 Å². The summed E-state index contributed by atoms with van der Waals surface area (Å²) >= 11 is 3.36. The number of nitrogens with one attached hydrogen (secondary N) is 2. The first-order valence-electron chi connectivity index (χ1n) is 7.10. The third-order valence-corrected chi connectivity index (χ3v) is 3.99. The fourth-order valence-electron chi connectivity index (χ4n) is 2.32. The number of halogens is 2. The highest BCUT2D eigenvalue weighted by atomic mass is 79.9. The second-order valence-corrected chi connectivity index (χ2v) is 6.01. The summed E-state index contributed by atoms with van der Waals surface area (Å²) in [6, 6.07) is 7.46. The molecule has 1 fully saturated rings. The summed E-state index contributed by atoms with van der Waals surface area (Å²) in [7, 11) is 0. The zero-order chi connectivity index (χ0) is 14.2. The van der Waals surface area contributed by atoms with Gasteiger partial charge in [-0.1, -0.05) is 15.9 Å². The predicted molar refractivity (Wildman–Crippen MR) is 90.1 cm³/mol. The lowest BCUT2D eigenvalue weighted by Gasteiger charge is -2.22. The summed E-state index contributed by atoms with van der Waals surface area (Å²) in [5.41, 5.74) is 0. The normalized spacial score (nSPS) is 17.7. The van der Waals surface area contributed by atoms with E-state index in [0.717, 1.165) is 30.5 Å². The summed E-state index contributed by atoms with van der Waals surface area (Å²) in [4.78, 5) is 11.7. The summed E-state index contributed by atoms with van der Waals surface area (Å²) in [5, 5.41) is 6.29. The highest BCUT2D eigenvalue weighted by molar-refractivity contribution is 9.10. The minimum atomic E-state index is -0.0586. The van der Waals surface area contributed by atoms with Crippen molar-refractivity contribution in [2.45, 2.75) is 19.3 Å². The van der Waals surface area contributed by atoms with Crippen molar-refractivity contribution in [3.8, 4) is 5.75 Å². The van der Waals surface area contributed by atoms with Crippen LogP contribution in [0.5, 0.6) is 5.75 Å². The van der Waals surface area contributed by atoms with Gasteiger partial charge in [-0.15, -0.1) is 12.4 Å². The van der Waals surface area contributed by atoms with Gasteiger partial charge in [0.05, 0.1) is 0 Å². The van der Waals surface area contributed by atoms with Gasteiger partial charge in [0.1, 0.15) is 5.75 Å². The van der Waals surface area contributed by atoms with Gasteiger partial charge in [0.25, 0.3) is 5.91 Å². The lowest BCUT2D eigenvalue weighted by Crippen LogP contribution is -2.34. The third-order valence-electron chi connectivity index (χ3n) is 3.46. The number of ether oxygens (including phenoxy) is 1. The van der Waals surface area contributed by atoms with E-state index in [2.05, 4.69) is 26.6 Å². The van der Waals surface area contributed by atoms with Crippen molar-refractivity contribution in [1.82, 2.24) is 10.6 Å². The number of amides is 1. The lowest BCUT2D eigenvalue weighted by molar-refractivity contribution is -0.123. The van der Waals surface area contributed by atoms with E-state index in [1.807, 2.05) is 24.3 Å². The first-order valence-corrected chi connectivity index (χ1v) is 7.89. The van der Waals surface area contributed by atoms with E-state index >= 15 is 0 Å². The first-order chi connectivity index (χ1) is 9.74. The Morgan fingerprint density at radius 3 is 2.81 bits per heavy atom. The summed E-state index contributed by atoms with van der Waals surface area (Å²) in [5.74, 6) is 1.34. The third kappa shape index (κ3) is 7.16. The van der Waals surface area contributed by atoms with Gasteiger partial charge in [-0.05, 0) is 62.5 Å². The molecule has 6 heteroatoms. The number of carbonyl (C=O) groups is 1. The van der Waals surface area contributed by atoms with E-state index < -0.39 is 0 Å². The maximum absolute atomic E-state index is 11.7. The Balaban J connectivity index is 0.00000220. The first kappa shape index (κ1) is 18.3. The quantitative estimate of drug-likeness (QED) is 0.801. The minimum absolute atomic E-state index is 0. The molecule has 1 aromatic rings. The molecule has 0 saturated carbocycles. The molecular weight excluding hydrogens is 356 g/mol. The standard InChI is InChI=1S/C15H21BrN2O2.ClH/c16-13-3-5-14(6-4-13)20-11-15(19)18-9-7-12-2-1-8-17-10-12;/h3-6,12,17H,1-2,7-11H2,(H,18,19);1H. The summed E-state index contributed by atoms with van der Waals surface area (Å²) in [6.45, 7) is 3.01. The number of hydrogen-bond acceptors (Lipinski definition) is 3. The molecule has 1 saturated heterocycles. The van der Waals surface area contributed by atoms with E-state index in [1.54, 1.807) is 0 Å². The second kappa shape index (κ2) is 10.0. The molecule has 2 N–H and O–H groups in total. The maximum atomic E-state index is 11.7. The van der Waals surface area contributed by atoms with E-state index in [1.165, 1.54) is 12.8 Å². The van der Waals surface area contributed by atoms with Gasteiger partial charge in [0.15, 0.2) is 6.61 Å². The van der Waals surface area contributed by atoms with Gasteiger partial charge in [0, 0.05) is 11.0 Å². The predicted octanol–water partition coefficient (Wildman–Crippen LogP) is 2.76. The second-order valence-electron chi connectivity index (χ2n) is 5.09. The molecule has 4 nitrogen and oxygen atoms in total. The van der Waals surface area contributed by atoms with Crippen LogP contribution in [-0.2, 0) is 4.79 Å². The number of carbonyl (C=O) groups excluding carboxylic acids is 1. The van der Waals surface area contributed by atoms with Gasteiger partial charge in [-0.3, -0.25) is 4.79 Å². The molecule has 1 aromatic carbocycles. The van der Waals surface area contributed by atoms with Crippen LogP contribution in [0.1, 0.15) is 19.3 Å². The Labute approximate surface area is 140 Å². The molecule has 1 amide bonds. The molecule has 21 heavy (non-hydrogen) atoms. The molecule has 0 aromatic heterocycles. The van der Waals surface area contributed by atoms with Crippen molar-refractivity contribution in [3.05, 3.63) is 28.7 Å². The number of piperidine rings is 1. The van der Waals surface area contributed by atoms with Crippen molar-refractivity contribution in [1.29, 1.82) is 0 Å². The maximum Gasteiger partial charge on any atom is 0.257 e. The average Bonchev–Trinajstić information content (AvgIpc) is 2.48. The van der Waals surface area contributed by atoms with E-state index in [9.17, 15) is 4.79 Å². The molecule has 2 rings (SSSR count). The van der Waals surface area contributed by atoms with E-state index in [-0.39, 0.29) is 24.9 Å². The molecular formula is C15H22BrClN2O2. The summed E-state index contributed by atoms with van der Waals surface area (Å²) in [6.07, 6.45) is 3.54. The van der Waals surface area contributed by atoms with Crippen molar-refractivity contribution in [2.75, 3.05) is 26.2 Å². The zero-order valence-electron chi connectivity index (χ0n) is 11.9. The van der Waals surface area contributed by atoms with Crippen molar-refractivity contribution >= 4 is 34.2 Å². The molecule has 0 radical (unpaired) electrons. The van der Waals surface area contributed by atoms with E-state index in [0.29, 0.717) is 11.7 Å². The lowest BCUT2D eigenvalue weighted by atomic mass is 9.96. The van der Waals surface area contributed by atoms with Gasteiger partial charge >= 0.3 is 0 Å². The van der Waals surface area contributed by atoms with Crippen molar-refractivity contribution < 1.29 is 9.53 Å². The van der Waals surface area contributed by atoms with E-state index in [4.69, 9.17) is 4.74 Å². The molecule has 0 bridgehead atoms.